The molecule has 0 aliphatic carbocycles. The van der Waals surface area contributed by atoms with E-state index in [-0.39, 0.29) is 15.8 Å². The van der Waals surface area contributed by atoms with Gasteiger partial charge >= 0.3 is 0 Å². The van der Waals surface area contributed by atoms with E-state index in [0.717, 1.165) is 16.2 Å². The third-order valence-corrected chi connectivity index (χ3v) is 6.75. The fourth-order valence-electron chi connectivity index (χ4n) is 1.65. The largest absolute Gasteiger partial charge is 0.257 e. The van der Waals surface area contributed by atoms with Gasteiger partial charge in [-0.25, -0.2) is 26.7 Å². The maximum Gasteiger partial charge on any atom is 0.257 e. The van der Waals surface area contributed by atoms with Gasteiger partial charge in [0.05, 0.1) is 6.20 Å². The van der Waals surface area contributed by atoms with Crippen LogP contribution in [0.2, 0.25) is 0 Å². The summed E-state index contributed by atoms with van der Waals surface area (Å²) in [6, 6.07) is 4.42. The van der Waals surface area contributed by atoms with Crippen molar-refractivity contribution in [1.29, 1.82) is 0 Å². The second-order valence-electron chi connectivity index (χ2n) is 4.21. The van der Waals surface area contributed by atoms with E-state index in [2.05, 4.69) is 9.82 Å². The molecule has 116 valence electrons. The van der Waals surface area contributed by atoms with Crippen LogP contribution in [0, 0.1) is 0 Å². The van der Waals surface area contributed by atoms with Crippen LogP contribution in [0.25, 0.3) is 0 Å². The molecule has 11 heteroatoms. The number of nitrogens with one attached hydrogen (secondary N) is 1. The van der Waals surface area contributed by atoms with Crippen molar-refractivity contribution in [3.05, 3.63) is 29.3 Å². The van der Waals surface area contributed by atoms with Crippen molar-refractivity contribution in [2.24, 2.45) is 12.2 Å². The summed E-state index contributed by atoms with van der Waals surface area (Å²) in [4.78, 5) is 0.728. The highest BCUT2D eigenvalue weighted by atomic mass is 32.2. The van der Waals surface area contributed by atoms with Crippen LogP contribution in [0.5, 0.6) is 0 Å². The Hall–Kier alpha value is -1.27. The number of aromatic nitrogens is 2. The van der Waals surface area contributed by atoms with E-state index < -0.39 is 20.0 Å². The molecule has 2 rings (SSSR count). The molecule has 2 aromatic rings. The Morgan fingerprint density at radius 2 is 2.00 bits per heavy atom. The summed E-state index contributed by atoms with van der Waals surface area (Å²) in [7, 11) is -5.80. The molecule has 21 heavy (non-hydrogen) atoms. The van der Waals surface area contributed by atoms with E-state index in [4.69, 9.17) is 5.14 Å². The molecule has 0 aromatic carbocycles. The normalized spacial score (nSPS) is 12.7. The van der Waals surface area contributed by atoms with E-state index in [1.807, 2.05) is 0 Å². The highest BCUT2D eigenvalue weighted by Gasteiger charge is 2.17. The Labute approximate surface area is 126 Å². The number of aryl methyl sites for hydroxylation is 1. The van der Waals surface area contributed by atoms with Crippen LogP contribution in [0.15, 0.2) is 33.6 Å². The maximum absolute atomic E-state index is 12.0. The van der Waals surface area contributed by atoms with Gasteiger partial charge in [-0.2, -0.15) is 5.10 Å². The molecular weight excluding hydrogens is 336 g/mol. The lowest BCUT2D eigenvalue weighted by atomic mass is 10.3. The van der Waals surface area contributed by atoms with Gasteiger partial charge in [-0.3, -0.25) is 4.68 Å². The number of primary sulfonamides is 1. The van der Waals surface area contributed by atoms with Crippen molar-refractivity contribution in [2.75, 3.05) is 6.54 Å². The topological polar surface area (TPSA) is 124 Å². The minimum Gasteiger partial charge on any atom is -0.256 e. The number of rotatable bonds is 6. The monoisotopic (exact) mass is 350 g/mol. The Morgan fingerprint density at radius 1 is 1.29 bits per heavy atom. The molecule has 0 aliphatic rings. The van der Waals surface area contributed by atoms with Crippen LogP contribution in [0.1, 0.15) is 4.88 Å². The molecule has 0 amide bonds. The summed E-state index contributed by atoms with van der Waals surface area (Å²) in [6.07, 6.45) is 1.77. The number of hydrogen-bond donors (Lipinski definition) is 2. The van der Waals surface area contributed by atoms with Gasteiger partial charge in [0, 0.05) is 18.5 Å². The predicted molar refractivity (Wildman–Crippen MR) is 77.8 cm³/mol. The van der Waals surface area contributed by atoms with Gasteiger partial charge in [0.2, 0.25) is 10.0 Å². The van der Waals surface area contributed by atoms with Gasteiger partial charge in [-0.1, -0.05) is 0 Å². The lowest BCUT2D eigenvalue weighted by Gasteiger charge is -2.05. The van der Waals surface area contributed by atoms with E-state index in [1.165, 1.54) is 30.1 Å². The van der Waals surface area contributed by atoms with Crippen molar-refractivity contribution in [3.63, 3.8) is 0 Å². The number of sulfonamides is 2. The first-order valence-corrected chi connectivity index (χ1v) is 9.64. The molecule has 2 aromatic heterocycles. The molecule has 0 saturated carbocycles. The molecular formula is C10H14N4O4S3. The first kappa shape index (κ1) is 16.1. The average molecular weight is 350 g/mol. The van der Waals surface area contributed by atoms with Crippen molar-refractivity contribution in [3.8, 4) is 0 Å². The third-order valence-electron chi connectivity index (χ3n) is 2.63. The molecule has 0 saturated heterocycles. The van der Waals surface area contributed by atoms with Crippen molar-refractivity contribution >= 4 is 31.4 Å². The Kier molecular flexibility index (Phi) is 4.49. The van der Waals surface area contributed by atoms with Gasteiger partial charge in [0.1, 0.15) is 4.21 Å². The number of nitrogens with zero attached hydrogens (tertiary/aromatic N) is 2. The lowest BCUT2D eigenvalue weighted by Crippen LogP contribution is -2.27. The van der Waals surface area contributed by atoms with Gasteiger partial charge in [-0.15, -0.1) is 11.3 Å². The summed E-state index contributed by atoms with van der Waals surface area (Å²) in [6.45, 7) is 0.151. The highest BCUT2D eigenvalue weighted by molar-refractivity contribution is 7.91. The maximum atomic E-state index is 12.0. The molecule has 0 bridgehead atoms. The molecule has 0 unspecified atom stereocenters. The molecule has 0 spiro atoms. The molecule has 0 fully saturated rings. The van der Waals surface area contributed by atoms with Crippen LogP contribution < -0.4 is 9.86 Å². The number of thiophene rings is 1. The zero-order valence-corrected chi connectivity index (χ0v) is 13.5. The van der Waals surface area contributed by atoms with Crippen molar-refractivity contribution in [2.45, 2.75) is 15.7 Å². The van der Waals surface area contributed by atoms with E-state index in [1.54, 1.807) is 6.07 Å². The van der Waals surface area contributed by atoms with Gasteiger partial charge in [0.15, 0.2) is 5.03 Å². The van der Waals surface area contributed by atoms with Gasteiger partial charge in [0.25, 0.3) is 10.0 Å². The first-order chi connectivity index (χ1) is 9.70. The third kappa shape index (κ3) is 3.89. The first-order valence-electron chi connectivity index (χ1n) is 5.79. The fraction of sp³-hybridized carbons (Fsp3) is 0.300. The summed E-state index contributed by atoms with van der Waals surface area (Å²) >= 11 is 1.03. The van der Waals surface area contributed by atoms with Crippen LogP contribution in [0.3, 0.4) is 0 Å². The standard InChI is InChI=1S/C10H14N4O4S3/c1-14-9(5-6-12-14)21(17,18)13-7-4-8-2-3-10(19-8)20(11,15)16/h2-3,5-6,13H,4,7H2,1H3,(H2,11,15,16). The molecule has 8 nitrogen and oxygen atoms in total. The lowest BCUT2D eigenvalue weighted by molar-refractivity contribution is 0.563. The van der Waals surface area contributed by atoms with Crippen LogP contribution in [-0.2, 0) is 33.5 Å². The molecule has 3 N–H and O–H groups in total. The quantitative estimate of drug-likeness (QED) is 0.737. The molecule has 0 aliphatic heterocycles. The Balaban J connectivity index is 1.99. The Bertz CT molecular complexity index is 835. The Morgan fingerprint density at radius 3 is 2.52 bits per heavy atom. The van der Waals surface area contributed by atoms with Gasteiger partial charge in [-0.05, 0) is 24.6 Å². The van der Waals surface area contributed by atoms with Crippen LogP contribution >= 0.6 is 11.3 Å². The molecule has 0 atom stereocenters. The molecule has 2 heterocycles. The van der Waals surface area contributed by atoms with Gasteiger partial charge < -0.3 is 0 Å². The zero-order valence-electron chi connectivity index (χ0n) is 11.1. The predicted octanol–water partition coefficient (Wildman–Crippen LogP) is -0.350. The van der Waals surface area contributed by atoms with Crippen LogP contribution in [-0.4, -0.2) is 33.2 Å². The van der Waals surface area contributed by atoms with E-state index >= 15 is 0 Å². The summed E-state index contributed by atoms with van der Waals surface area (Å²) in [5, 5.41) is 8.88. The number of hydrogen-bond acceptors (Lipinski definition) is 6. The minimum absolute atomic E-state index is 0.0620. The van der Waals surface area contributed by atoms with E-state index in [0.29, 0.717) is 6.42 Å². The summed E-state index contributed by atoms with van der Waals surface area (Å²) < 4.78 is 50.0. The second kappa shape index (κ2) is 5.85. The minimum atomic E-state index is -3.71. The van der Waals surface area contributed by atoms with Crippen molar-refractivity contribution in [1.82, 2.24) is 14.5 Å². The average Bonchev–Trinajstić information content (AvgIpc) is 2.97. The SMILES string of the molecule is Cn1nccc1S(=O)(=O)NCCc1ccc(S(N)(=O)=O)s1. The second-order valence-corrected chi connectivity index (χ2v) is 8.88. The van der Waals surface area contributed by atoms with E-state index in [9.17, 15) is 16.8 Å². The zero-order chi connectivity index (χ0) is 15.7. The highest BCUT2D eigenvalue weighted by Crippen LogP contribution is 2.20. The fourth-order valence-corrected chi connectivity index (χ4v) is 4.59. The molecule has 0 radical (unpaired) electrons. The number of nitrogens with two attached hydrogens (primary N) is 1. The summed E-state index contributed by atoms with van der Waals surface area (Å²) in [5.74, 6) is 0. The van der Waals surface area contributed by atoms with Crippen molar-refractivity contribution < 1.29 is 16.8 Å². The smallest absolute Gasteiger partial charge is 0.256 e. The van der Waals surface area contributed by atoms with Crippen LogP contribution in [0.4, 0.5) is 0 Å². The summed E-state index contributed by atoms with van der Waals surface area (Å²) in [5.41, 5.74) is 0.